The summed E-state index contributed by atoms with van der Waals surface area (Å²) in [6.07, 6.45) is 0. The molecule has 0 radical (unpaired) electrons. The van der Waals surface area contributed by atoms with Gasteiger partial charge in [0.15, 0.2) is 0 Å². The minimum Gasteiger partial charge on any atom is -0.457 e. The number of hydrogen-bond acceptors (Lipinski definition) is 2. The van der Waals surface area contributed by atoms with Gasteiger partial charge in [-0.3, -0.25) is 0 Å². The van der Waals surface area contributed by atoms with Crippen molar-refractivity contribution in [2.45, 2.75) is 33.4 Å². The van der Waals surface area contributed by atoms with E-state index in [0.29, 0.717) is 29.2 Å². The van der Waals surface area contributed by atoms with Gasteiger partial charge in [-0.1, -0.05) is 19.9 Å². The first-order chi connectivity index (χ1) is 9.97. The van der Waals surface area contributed by atoms with Gasteiger partial charge in [-0.2, -0.15) is 0 Å². The molecule has 0 aliphatic heterocycles. The first-order valence-corrected chi connectivity index (χ1v) is 6.92. The lowest BCUT2D eigenvalue weighted by molar-refractivity contribution is 0.455. The zero-order valence-corrected chi connectivity index (χ0v) is 12.4. The molecule has 0 saturated carbocycles. The van der Waals surface area contributed by atoms with Crippen LogP contribution in [0.2, 0.25) is 0 Å². The van der Waals surface area contributed by atoms with Crippen LogP contribution in [0.3, 0.4) is 0 Å². The van der Waals surface area contributed by atoms with E-state index in [0.717, 1.165) is 0 Å². The first-order valence-electron chi connectivity index (χ1n) is 6.92. The van der Waals surface area contributed by atoms with Gasteiger partial charge in [0, 0.05) is 18.2 Å². The molecule has 0 unspecified atom stereocenters. The van der Waals surface area contributed by atoms with Crippen molar-refractivity contribution >= 4 is 0 Å². The second-order valence-corrected chi connectivity index (χ2v) is 5.27. The zero-order chi connectivity index (χ0) is 15.4. The van der Waals surface area contributed by atoms with Crippen LogP contribution in [-0.2, 0) is 6.54 Å². The fourth-order valence-corrected chi connectivity index (χ4v) is 1.92. The molecule has 4 heteroatoms. The third kappa shape index (κ3) is 4.02. The van der Waals surface area contributed by atoms with Crippen LogP contribution < -0.4 is 10.1 Å². The Morgan fingerprint density at radius 1 is 1.10 bits per heavy atom. The van der Waals surface area contributed by atoms with E-state index in [1.54, 1.807) is 25.1 Å². The summed E-state index contributed by atoms with van der Waals surface area (Å²) in [4.78, 5) is 0. The Morgan fingerprint density at radius 2 is 1.86 bits per heavy atom. The highest BCUT2D eigenvalue weighted by Crippen LogP contribution is 2.28. The van der Waals surface area contributed by atoms with E-state index in [-0.39, 0.29) is 17.7 Å². The molecule has 0 atom stereocenters. The molecular formula is C17H19F2NO. The predicted octanol–water partition coefficient (Wildman–Crippen LogP) is 4.56. The second-order valence-electron chi connectivity index (χ2n) is 5.27. The summed E-state index contributed by atoms with van der Waals surface area (Å²) in [7, 11) is 0. The molecule has 2 rings (SSSR count). The summed E-state index contributed by atoms with van der Waals surface area (Å²) in [6.45, 7) is 6.02. The van der Waals surface area contributed by atoms with Gasteiger partial charge in [-0.15, -0.1) is 0 Å². The molecule has 0 aromatic heterocycles. The third-order valence-electron chi connectivity index (χ3n) is 3.12. The van der Waals surface area contributed by atoms with Crippen LogP contribution in [0.4, 0.5) is 8.78 Å². The highest BCUT2D eigenvalue weighted by molar-refractivity contribution is 5.40. The minimum atomic E-state index is -0.320. The van der Waals surface area contributed by atoms with E-state index in [1.165, 1.54) is 18.2 Å². The fraction of sp³-hybridized carbons (Fsp3) is 0.294. The van der Waals surface area contributed by atoms with Gasteiger partial charge < -0.3 is 10.1 Å². The zero-order valence-electron chi connectivity index (χ0n) is 12.4. The quantitative estimate of drug-likeness (QED) is 0.871. The van der Waals surface area contributed by atoms with Crippen LogP contribution in [0, 0.1) is 18.6 Å². The lowest BCUT2D eigenvalue weighted by Crippen LogP contribution is -2.22. The summed E-state index contributed by atoms with van der Waals surface area (Å²) in [5, 5.41) is 3.17. The summed E-state index contributed by atoms with van der Waals surface area (Å²) in [5.41, 5.74) is 0.957. The molecule has 0 fully saturated rings. The monoisotopic (exact) mass is 291 g/mol. The Morgan fingerprint density at radius 3 is 2.52 bits per heavy atom. The molecule has 0 spiro atoms. The number of benzene rings is 2. The molecule has 0 heterocycles. The molecule has 2 aromatic rings. The molecule has 0 aliphatic rings. The van der Waals surface area contributed by atoms with Gasteiger partial charge in [-0.25, -0.2) is 8.78 Å². The van der Waals surface area contributed by atoms with Gasteiger partial charge in [0.2, 0.25) is 0 Å². The molecule has 0 aliphatic carbocycles. The Balaban J connectivity index is 2.26. The van der Waals surface area contributed by atoms with Crippen LogP contribution in [0.5, 0.6) is 11.5 Å². The molecule has 0 bridgehead atoms. The second kappa shape index (κ2) is 6.68. The van der Waals surface area contributed by atoms with Gasteiger partial charge >= 0.3 is 0 Å². The largest absolute Gasteiger partial charge is 0.457 e. The number of ether oxygens (including phenoxy) is 1. The van der Waals surface area contributed by atoms with Crippen molar-refractivity contribution in [1.82, 2.24) is 5.32 Å². The summed E-state index contributed by atoms with van der Waals surface area (Å²) >= 11 is 0. The van der Waals surface area contributed by atoms with E-state index < -0.39 is 0 Å². The number of rotatable bonds is 5. The van der Waals surface area contributed by atoms with Crippen LogP contribution >= 0.6 is 0 Å². The molecule has 21 heavy (non-hydrogen) atoms. The van der Waals surface area contributed by atoms with Crippen LogP contribution in [0.1, 0.15) is 25.0 Å². The van der Waals surface area contributed by atoms with Crippen molar-refractivity contribution in [1.29, 1.82) is 0 Å². The molecule has 0 saturated heterocycles. The van der Waals surface area contributed by atoms with Gasteiger partial charge in [0.25, 0.3) is 0 Å². The highest BCUT2D eigenvalue weighted by atomic mass is 19.1. The molecule has 2 aromatic carbocycles. The van der Waals surface area contributed by atoms with Crippen molar-refractivity contribution in [3.63, 3.8) is 0 Å². The Hall–Kier alpha value is -1.94. The minimum absolute atomic E-state index is 0.241. The molecule has 1 N–H and O–H groups in total. The van der Waals surface area contributed by atoms with Gasteiger partial charge in [-0.05, 0) is 42.8 Å². The average molecular weight is 291 g/mol. The smallest absolute Gasteiger partial charge is 0.134 e. The Labute approximate surface area is 123 Å². The van der Waals surface area contributed by atoms with Crippen molar-refractivity contribution in [2.75, 3.05) is 0 Å². The summed E-state index contributed by atoms with van der Waals surface area (Å²) < 4.78 is 32.9. The number of halogens is 2. The van der Waals surface area contributed by atoms with Crippen molar-refractivity contribution < 1.29 is 13.5 Å². The topological polar surface area (TPSA) is 21.3 Å². The van der Waals surface area contributed by atoms with Crippen molar-refractivity contribution in [3.05, 3.63) is 59.2 Å². The van der Waals surface area contributed by atoms with Crippen LogP contribution in [-0.4, -0.2) is 6.04 Å². The maximum absolute atomic E-state index is 14.0. The maximum atomic E-state index is 14.0. The fourth-order valence-electron chi connectivity index (χ4n) is 1.92. The van der Waals surface area contributed by atoms with Gasteiger partial charge in [0.1, 0.15) is 23.1 Å². The normalized spacial score (nSPS) is 11.0. The van der Waals surface area contributed by atoms with Crippen molar-refractivity contribution in [2.24, 2.45) is 0 Å². The van der Waals surface area contributed by atoms with E-state index in [1.807, 2.05) is 13.8 Å². The number of nitrogens with one attached hydrogen (secondary N) is 1. The third-order valence-corrected chi connectivity index (χ3v) is 3.12. The highest BCUT2D eigenvalue weighted by Gasteiger charge is 2.11. The first kappa shape index (κ1) is 15.4. The van der Waals surface area contributed by atoms with E-state index in [9.17, 15) is 8.78 Å². The molecule has 2 nitrogen and oxygen atoms in total. The summed E-state index contributed by atoms with van der Waals surface area (Å²) in [6, 6.07) is 9.42. The Kier molecular flexibility index (Phi) is 4.91. The lowest BCUT2D eigenvalue weighted by atomic mass is 10.1. The van der Waals surface area contributed by atoms with E-state index in [4.69, 9.17) is 4.74 Å². The van der Waals surface area contributed by atoms with E-state index >= 15 is 0 Å². The Bertz CT molecular complexity index is 626. The molecule has 0 amide bonds. The lowest BCUT2D eigenvalue weighted by Gasteiger charge is -2.14. The molecular weight excluding hydrogens is 272 g/mol. The van der Waals surface area contributed by atoms with Gasteiger partial charge in [0.05, 0.1) is 0 Å². The SMILES string of the molecule is Cc1cc(Oc2cccc(F)c2CNC(C)C)ccc1F. The molecule has 112 valence electrons. The summed E-state index contributed by atoms with van der Waals surface area (Å²) in [5.74, 6) is 0.322. The standard InChI is InChI=1S/C17H19F2NO/c1-11(2)20-10-14-16(19)5-4-6-17(14)21-13-7-8-15(18)12(3)9-13/h4-9,11,20H,10H2,1-3H3. The van der Waals surface area contributed by atoms with Crippen LogP contribution in [0.15, 0.2) is 36.4 Å². The van der Waals surface area contributed by atoms with Crippen LogP contribution in [0.25, 0.3) is 0 Å². The maximum Gasteiger partial charge on any atom is 0.134 e. The number of aryl methyl sites for hydroxylation is 1. The predicted molar refractivity (Wildman–Crippen MR) is 79.6 cm³/mol. The number of hydrogen-bond donors (Lipinski definition) is 1. The average Bonchev–Trinajstić information content (AvgIpc) is 2.42. The van der Waals surface area contributed by atoms with Crippen molar-refractivity contribution in [3.8, 4) is 11.5 Å². The van der Waals surface area contributed by atoms with E-state index in [2.05, 4.69) is 5.32 Å².